The van der Waals surface area contributed by atoms with E-state index in [-0.39, 0.29) is 18.7 Å². The van der Waals surface area contributed by atoms with Crippen LogP contribution in [0.5, 0.6) is 0 Å². The van der Waals surface area contributed by atoms with Crippen LogP contribution in [0.1, 0.15) is 40.0 Å². The minimum absolute atomic E-state index is 0.204. The number of aliphatic imine (C=N–C) groups is 1. The molecule has 0 N–H and O–H groups in total. The number of oxime groups is 1. The van der Waals surface area contributed by atoms with Gasteiger partial charge in [0.2, 0.25) is 0 Å². The predicted molar refractivity (Wildman–Crippen MR) is 94.7 cm³/mol. The number of nitrogens with zero attached hydrogens (tertiary/aromatic N) is 2. The Balaban J connectivity index is 0.00000211. The number of rotatable bonds is 7. The summed E-state index contributed by atoms with van der Waals surface area (Å²) in [6, 6.07) is 0. The highest BCUT2D eigenvalue weighted by Gasteiger charge is 2.24. The number of esters is 1. The summed E-state index contributed by atoms with van der Waals surface area (Å²) >= 11 is 3.24. The summed E-state index contributed by atoms with van der Waals surface area (Å²) in [5, 5.41) is 3.99. The molecule has 0 spiro atoms. The van der Waals surface area contributed by atoms with Gasteiger partial charge in [0, 0.05) is 24.4 Å². The fourth-order valence-electron chi connectivity index (χ4n) is 1.60. The third kappa shape index (κ3) is 8.12. The van der Waals surface area contributed by atoms with Crippen LogP contribution in [0.25, 0.3) is 0 Å². The van der Waals surface area contributed by atoms with Gasteiger partial charge < -0.3 is 9.57 Å². The molecule has 0 saturated carbocycles. The first-order valence-electron chi connectivity index (χ1n) is 7.44. The van der Waals surface area contributed by atoms with Gasteiger partial charge in [0.1, 0.15) is 12.3 Å². The zero-order chi connectivity index (χ0) is 17.0. The maximum absolute atomic E-state index is 11.3. The molecule has 0 fully saturated rings. The molecule has 0 aliphatic carbocycles. The molecule has 0 aromatic heterocycles. The lowest BCUT2D eigenvalue weighted by Gasteiger charge is -2.08. The molecule has 1 aliphatic rings. The maximum atomic E-state index is 11.3. The number of ether oxygens (including phenoxy) is 1. The van der Waals surface area contributed by atoms with Crippen molar-refractivity contribution in [2.75, 3.05) is 13.7 Å². The molecule has 0 radical (unpaired) electrons. The van der Waals surface area contributed by atoms with Gasteiger partial charge in [-0.1, -0.05) is 48.4 Å². The monoisotopic (exact) mass is 372 g/mol. The molecule has 1 heterocycles. The average Bonchev–Trinajstić information content (AvgIpc) is 2.97. The Bertz CT molecular complexity index is 456. The summed E-state index contributed by atoms with van der Waals surface area (Å²) < 4.78 is 5.86. The second kappa shape index (κ2) is 12.1. The summed E-state index contributed by atoms with van der Waals surface area (Å²) in [4.78, 5) is 20.7. The fourth-order valence-corrected chi connectivity index (χ4v) is 1.73. The van der Waals surface area contributed by atoms with Crippen molar-refractivity contribution in [1.29, 1.82) is 0 Å². The number of allylic oxidation sites excluding steroid dienone is 3. The van der Waals surface area contributed by atoms with E-state index in [1.165, 1.54) is 0 Å². The van der Waals surface area contributed by atoms with E-state index in [2.05, 4.69) is 32.7 Å². The minimum atomic E-state index is -0.233. The highest BCUT2D eigenvalue weighted by Crippen LogP contribution is 2.14. The third-order valence-corrected chi connectivity index (χ3v) is 2.84. The van der Waals surface area contributed by atoms with Crippen LogP contribution in [0.15, 0.2) is 33.4 Å². The molecule has 124 valence electrons. The summed E-state index contributed by atoms with van der Waals surface area (Å²) in [5.74, 6) is -0.204. The van der Waals surface area contributed by atoms with Crippen molar-refractivity contribution in [3.8, 4) is 0 Å². The second-order valence-electron chi connectivity index (χ2n) is 4.29. The molecule has 1 atom stereocenters. The number of carbonyl (C=O) groups is 1. The Morgan fingerprint density at radius 2 is 2.23 bits per heavy atom. The van der Waals surface area contributed by atoms with Gasteiger partial charge in [-0.3, -0.25) is 9.79 Å². The van der Waals surface area contributed by atoms with Crippen molar-refractivity contribution in [3.63, 3.8) is 0 Å². The number of carbonyl (C=O) groups excluding carboxylic acids is 1. The standard InChI is InChI=1S/C14H19BrN2O3.C2H6/c1-4-5-14(18)19-9-11-8-13(17-20-11)12(16-3)7-6-10(2)15;1-2/h6-7,11H,2,4-5,8-9H2,1,3H3;1-2H3/b7-6-,16-12?;. The Hall–Kier alpha value is -1.43. The van der Waals surface area contributed by atoms with Gasteiger partial charge in [-0.25, -0.2) is 0 Å². The SMILES string of the molecule is C=C(Br)/C=C\C(=NC)C1=NOC(COC(=O)CCC)C1.CC. The second-order valence-corrected chi connectivity index (χ2v) is 5.31. The average molecular weight is 373 g/mol. The van der Waals surface area contributed by atoms with E-state index < -0.39 is 0 Å². The first kappa shape index (κ1) is 20.6. The Morgan fingerprint density at radius 1 is 1.55 bits per heavy atom. The van der Waals surface area contributed by atoms with Crippen molar-refractivity contribution >= 4 is 33.3 Å². The quantitative estimate of drug-likeness (QED) is 0.385. The highest BCUT2D eigenvalue weighted by molar-refractivity contribution is 9.11. The van der Waals surface area contributed by atoms with Crippen molar-refractivity contribution in [2.45, 2.75) is 46.1 Å². The molecule has 1 unspecified atom stereocenters. The van der Waals surface area contributed by atoms with E-state index in [1.807, 2.05) is 26.8 Å². The van der Waals surface area contributed by atoms with Crippen molar-refractivity contribution < 1.29 is 14.4 Å². The minimum Gasteiger partial charge on any atom is -0.462 e. The highest BCUT2D eigenvalue weighted by atomic mass is 79.9. The third-order valence-electron chi connectivity index (χ3n) is 2.58. The fraction of sp³-hybridized carbons (Fsp3) is 0.562. The van der Waals surface area contributed by atoms with Crippen molar-refractivity contribution in [1.82, 2.24) is 0 Å². The van der Waals surface area contributed by atoms with Gasteiger partial charge in [-0.05, 0) is 18.6 Å². The summed E-state index contributed by atoms with van der Waals surface area (Å²) in [7, 11) is 1.69. The molecule has 5 nitrogen and oxygen atoms in total. The van der Waals surface area contributed by atoms with E-state index in [1.54, 1.807) is 13.1 Å². The number of halogens is 1. The van der Waals surface area contributed by atoms with Crippen LogP contribution in [0.3, 0.4) is 0 Å². The Kier molecular flexibility index (Phi) is 11.4. The van der Waals surface area contributed by atoms with E-state index in [9.17, 15) is 4.79 Å². The molecule has 22 heavy (non-hydrogen) atoms. The van der Waals surface area contributed by atoms with Gasteiger partial charge in [-0.15, -0.1) is 0 Å². The van der Waals surface area contributed by atoms with Crippen molar-refractivity contribution in [2.24, 2.45) is 10.1 Å². The van der Waals surface area contributed by atoms with Crippen LogP contribution in [-0.4, -0.2) is 37.2 Å². The van der Waals surface area contributed by atoms with Gasteiger partial charge in [-0.2, -0.15) is 0 Å². The van der Waals surface area contributed by atoms with E-state index in [0.717, 1.165) is 22.3 Å². The zero-order valence-corrected chi connectivity index (χ0v) is 15.4. The molecular weight excluding hydrogens is 348 g/mol. The van der Waals surface area contributed by atoms with Gasteiger partial charge in [0.05, 0.1) is 5.71 Å². The van der Waals surface area contributed by atoms with Gasteiger partial charge >= 0.3 is 5.97 Å². The lowest BCUT2D eigenvalue weighted by atomic mass is 10.1. The van der Waals surface area contributed by atoms with E-state index >= 15 is 0 Å². The van der Waals surface area contributed by atoms with E-state index in [0.29, 0.717) is 12.8 Å². The first-order valence-corrected chi connectivity index (χ1v) is 8.24. The zero-order valence-electron chi connectivity index (χ0n) is 13.8. The lowest BCUT2D eigenvalue weighted by Crippen LogP contribution is -2.20. The van der Waals surface area contributed by atoms with Crippen LogP contribution in [0.4, 0.5) is 0 Å². The van der Waals surface area contributed by atoms with Crippen molar-refractivity contribution in [3.05, 3.63) is 23.2 Å². The topological polar surface area (TPSA) is 60.3 Å². The largest absolute Gasteiger partial charge is 0.462 e. The van der Waals surface area contributed by atoms with Gasteiger partial charge in [0.25, 0.3) is 0 Å². The first-order chi connectivity index (χ1) is 10.6. The van der Waals surface area contributed by atoms with Crippen LogP contribution in [0.2, 0.25) is 0 Å². The lowest BCUT2D eigenvalue weighted by molar-refractivity contribution is -0.147. The molecule has 0 bridgehead atoms. The number of hydrogen-bond donors (Lipinski definition) is 0. The summed E-state index contributed by atoms with van der Waals surface area (Å²) in [5.41, 5.74) is 1.47. The van der Waals surface area contributed by atoms with Crippen LogP contribution >= 0.6 is 15.9 Å². The molecular formula is C16H25BrN2O3. The van der Waals surface area contributed by atoms with Gasteiger partial charge in [0.15, 0.2) is 6.10 Å². The molecule has 0 amide bonds. The van der Waals surface area contributed by atoms with E-state index in [4.69, 9.17) is 9.57 Å². The Labute approximate surface area is 141 Å². The Morgan fingerprint density at radius 3 is 2.77 bits per heavy atom. The molecule has 0 saturated heterocycles. The number of hydrogen-bond acceptors (Lipinski definition) is 5. The molecule has 1 rings (SSSR count). The summed E-state index contributed by atoms with van der Waals surface area (Å²) in [6.07, 6.45) is 5.15. The maximum Gasteiger partial charge on any atom is 0.305 e. The molecule has 6 heteroatoms. The van der Waals surface area contributed by atoms with Crippen LogP contribution < -0.4 is 0 Å². The molecule has 0 aromatic carbocycles. The molecule has 1 aliphatic heterocycles. The van der Waals surface area contributed by atoms with Crippen LogP contribution in [0, 0.1) is 0 Å². The molecule has 0 aromatic rings. The summed E-state index contributed by atoms with van der Waals surface area (Å²) in [6.45, 7) is 9.87. The predicted octanol–water partition coefficient (Wildman–Crippen LogP) is 4.04. The normalized spacial score (nSPS) is 17.4. The van der Waals surface area contributed by atoms with Crippen LogP contribution in [-0.2, 0) is 14.4 Å². The smallest absolute Gasteiger partial charge is 0.305 e.